The van der Waals surface area contributed by atoms with Gasteiger partial charge in [-0.3, -0.25) is 0 Å². The molecule has 2 aliphatic carbocycles. The molecule has 0 aromatic heterocycles. The molecule has 3 unspecified atom stereocenters. The van der Waals surface area contributed by atoms with E-state index in [1.165, 1.54) is 38.5 Å². The molecule has 0 spiro atoms. The van der Waals surface area contributed by atoms with Crippen molar-refractivity contribution in [2.45, 2.75) is 65.4 Å². The van der Waals surface area contributed by atoms with Crippen LogP contribution in [0.3, 0.4) is 0 Å². The lowest BCUT2D eigenvalue weighted by atomic mass is 9.66. The Morgan fingerprint density at radius 3 is 2.44 bits per heavy atom. The van der Waals surface area contributed by atoms with Crippen molar-refractivity contribution in [3.63, 3.8) is 0 Å². The predicted octanol–water partition coefficient (Wildman–Crippen LogP) is 3.59. The van der Waals surface area contributed by atoms with E-state index in [0.29, 0.717) is 17.4 Å². The summed E-state index contributed by atoms with van der Waals surface area (Å²) in [6, 6.07) is 0. The van der Waals surface area contributed by atoms with Gasteiger partial charge in [0.2, 0.25) is 0 Å². The molecule has 2 fully saturated rings. The van der Waals surface area contributed by atoms with Gasteiger partial charge in [-0.25, -0.2) is 0 Å². The lowest BCUT2D eigenvalue weighted by Crippen LogP contribution is -2.40. The Balaban J connectivity index is 1.90. The molecule has 2 aliphatic rings. The van der Waals surface area contributed by atoms with Gasteiger partial charge in [-0.05, 0) is 61.8 Å². The smallest absolute Gasteiger partial charge is 0.0618 e. The number of rotatable bonds is 6. The molecule has 0 radical (unpaired) electrons. The van der Waals surface area contributed by atoms with Gasteiger partial charge in [-0.2, -0.15) is 0 Å². The van der Waals surface area contributed by atoms with Crippen molar-refractivity contribution in [3.8, 4) is 0 Å². The van der Waals surface area contributed by atoms with E-state index < -0.39 is 0 Å². The quantitative estimate of drug-likeness (QED) is 0.785. The minimum atomic E-state index is 0.431. The monoisotopic (exact) mass is 253 g/mol. The van der Waals surface area contributed by atoms with Crippen LogP contribution in [0, 0.1) is 23.2 Å². The van der Waals surface area contributed by atoms with E-state index >= 15 is 0 Å². The SMILES string of the molecule is CCC(C)(C)C1CCC(CN)C(OCC2CC2)C1. The fourth-order valence-corrected chi connectivity index (χ4v) is 3.21. The second-order valence-corrected chi connectivity index (χ2v) is 7.16. The maximum atomic E-state index is 6.20. The van der Waals surface area contributed by atoms with E-state index in [-0.39, 0.29) is 0 Å². The maximum absolute atomic E-state index is 6.20. The van der Waals surface area contributed by atoms with Gasteiger partial charge in [0.05, 0.1) is 6.10 Å². The molecule has 0 amide bonds. The van der Waals surface area contributed by atoms with Crippen LogP contribution >= 0.6 is 0 Å². The van der Waals surface area contributed by atoms with Crippen LogP contribution in [0.4, 0.5) is 0 Å². The second-order valence-electron chi connectivity index (χ2n) is 7.16. The highest BCUT2D eigenvalue weighted by Gasteiger charge is 2.37. The molecule has 2 rings (SSSR count). The van der Waals surface area contributed by atoms with Gasteiger partial charge >= 0.3 is 0 Å². The highest BCUT2D eigenvalue weighted by molar-refractivity contribution is 4.88. The van der Waals surface area contributed by atoms with Crippen molar-refractivity contribution in [1.29, 1.82) is 0 Å². The van der Waals surface area contributed by atoms with Gasteiger partial charge < -0.3 is 10.5 Å². The zero-order valence-electron chi connectivity index (χ0n) is 12.5. The summed E-state index contributed by atoms with van der Waals surface area (Å²) in [5.41, 5.74) is 6.38. The standard InChI is InChI=1S/C16H31NO/c1-4-16(2,3)14-8-7-13(10-17)15(9-14)18-11-12-5-6-12/h12-15H,4-11,17H2,1-3H3. The Labute approximate surface area is 113 Å². The fraction of sp³-hybridized carbons (Fsp3) is 1.00. The van der Waals surface area contributed by atoms with Crippen molar-refractivity contribution in [2.24, 2.45) is 28.9 Å². The number of hydrogen-bond acceptors (Lipinski definition) is 2. The van der Waals surface area contributed by atoms with Crippen LogP contribution in [-0.4, -0.2) is 19.3 Å². The van der Waals surface area contributed by atoms with E-state index in [1.54, 1.807) is 0 Å². The van der Waals surface area contributed by atoms with Gasteiger partial charge in [-0.1, -0.05) is 27.2 Å². The normalized spacial score (nSPS) is 33.7. The fourth-order valence-electron chi connectivity index (χ4n) is 3.21. The first-order valence-electron chi connectivity index (χ1n) is 7.88. The van der Waals surface area contributed by atoms with E-state index in [9.17, 15) is 0 Å². The van der Waals surface area contributed by atoms with Crippen molar-refractivity contribution >= 4 is 0 Å². The van der Waals surface area contributed by atoms with Crippen LogP contribution in [0.25, 0.3) is 0 Å². The molecule has 18 heavy (non-hydrogen) atoms. The molecule has 0 aliphatic heterocycles. The summed E-state index contributed by atoms with van der Waals surface area (Å²) < 4.78 is 6.20. The molecule has 2 saturated carbocycles. The molecule has 106 valence electrons. The molecule has 0 aromatic rings. The molecule has 2 N–H and O–H groups in total. The first-order chi connectivity index (χ1) is 8.56. The third-order valence-electron chi connectivity index (χ3n) is 5.49. The van der Waals surface area contributed by atoms with Crippen LogP contribution in [0.5, 0.6) is 0 Å². The van der Waals surface area contributed by atoms with E-state index in [0.717, 1.165) is 25.0 Å². The van der Waals surface area contributed by atoms with Gasteiger partial charge in [0, 0.05) is 6.61 Å². The van der Waals surface area contributed by atoms with E-state index in [1.807, 2.05) is 0 Å². The van der Waals surface area contributed by atoms with Crippen LogP contribution in [-0.2, 0) is 4.74 Å². The minimum absolute atomic E-state index is 0.431. The molecule has 3 atom stereocenters. The minimum Gasteiger partial charge on any atom is -0.378 e. The number of hydrogen-bond donors (Lipinski definition) is 1. The summed E-state index contributed by atoms with van der Waals surface area (Å²) in [5.74, 6) is 2.28. The number of ether oxygens (including phenoxy) is 1. The van der Waals surface area contributed by atoms with Crippen molar-refractivity contribution in [1.82, 2.24) is 0 Å². The lowest BCUT2D eigenvalue weighted by molar-refractivity contribution is -0.0472. The lowest BCUT2D eigenvalue weighted by Gasteiger charge is -2.42. The summed E-state index contributed by atoms with van der Waals surface area (Å²) in [7, 11) is 0. The average Bonchev–Trinajstić information content (AvgIpc) is 3.20. The van der Waals surface area contributed by atoms with Crippen LogP contribution < -0.4 is 5.73 Å². The van der Waals surface area contributed by atoms with Crippen molar-refractivity contribution < 1.29 is 4.74 Å². The highest BCUT2D eigenvalue weighted by atomic mass is 16.5. The Bertz CT molecular complexity index is 260. The van der Waals surface area contributed by atoms with Crippen LogP contribution in [0.15, 0.2) is 0 Å². The van der Waals surface area contributed by atoms with Gasteiger partial charge in [0.25, 0.3) is 0 Å². The largest absolute Gasteiger partial charge is 0.378 e. The predicted molar refractivity (Wildman–Crippen MR) is 76.4 cm³/mol. The maximum Gasteiger partial charge on any atom is 0.0618 e. The zero-order valence-corrected chi connectivity index (χ0v) is 12.5. The second kappa shape index (κ2) is 5.92. The Hall–Kier alpha value is -0.0800. The van der Waals surface area contributed by atoms with Crippen molar-refractivity contribution in [2.75, 3.05) is 13.2 Å². The van der Waals surface area contributed by atoms with Crippen LogP contribution in [0.1, 0.15) is 59.3 Å². The highest BCUT2D eigenvalue weighted by Crippen LogP contribution is 2.43. The van der Waals surface area contributed by atoms with Gasteiger partial charge in [0.1, 0.15) is 0 Å². The third kappa shape index (κ3) is 3.48. The Morgan fingerprint density at radius 1 is 1.17 bits per heavy atom. The molecule has 0 aromatic carbocycles. The molecule has 0 heterocycles. The third-order valence-corrected chi connectivity index (χ3v) is 5.49. The Kier molecular flexibility index (Phi) is 4.71. The zero-order chi connectivity index (χ0) is 13.2. The molecular weight excluding hydrogens is 222 g/mol. The summed E-state index contributed by atoms with van der Waals surface area (Å²) >= 11 is 0. The molecular formula is C16H31NO. The Morgan fingerprint density at radius 2 is 1.89 bits per heavy atom. The summed E-state index contributed by atoms with van der Waals surface area (Å²) in [6.07, 6.45) is 8.29. The van der Waals surface area contributed by atoms with E-state index in [4.69, 9.17) is 10.5 Å². The topological polar surface area (TPSA) is 35.2 Å². The first kappa shape index (κ1) is 14.3. The molecule has 0 bridgehead atoms. The molecule has 2 heteroatoms. The molecule has 2 nitrogen and oxygen atoms in total. The summed E-state index contributed by atoms with van der Waals surface area (Å²) in [6.45, 7) is 8.93. The van der Waals surface area contributed by atoms with Crippen molar-refractivity contribution in [3.05, 3.63) is 0 Å². The number of nitrogens with two attached hydrogens (primary N) is 1. The first-order valence-corrected chi connectivity index (χ1v) is 7.88. The average molecular weight is 253 g/mol. The van der Waals surface area contributed by atoms with Gasteiger partial charge in [0.15, 0.2) is 0 Å². The summed E-state index contributed by atoms with van der Waals surface area (Å²) in [4.78, 5) is 0. The van der Waals surface area contributed by atoms with Crippen LogP contribution in [0.2, 0.25) is 0 Å². The molecule has 0 saturated heterocycles. The summed E-state index contributed by atoms with van der Waals surface area (Å²) in [5, 5.41) is 0. The van der Waals surface area contributed by atoms with Gasteiger partial charge in [-0.15, -0.1) is 0 Å². The van der Waals surface area contributed by atoms with E-state index in [2.05, 4.69) is 20.8 Å².